The number of piperazine rings is 1. The second-order valence-corrected chi connectivity index (χ2v) is 8.08. The molecule has 0 spiro atoms. The number of amides is 3. The maximum absolute atomic E-state index is 12.7. The zero-order valence-electron chi connectivity index (χ0n) is 15.2. The van der Waals surface area contributed by atoms with Gasteiger partial charge in [-0.25, -0.2) is 0 Å². The van der Waals surface area contributed by atoms with E-state index in [9.17, 15) is 14.4 Å². The van der Waals surface area contributed by atoms with Crippen molar-refractivity contribution in [1.82, 2.24) is 14.7 Å². The number of rotatable bonds is 3. The van der Waals surface area contributed by atoms with Gasteiger partial charge in [-0.3, -0.25) is 14.4 Å². The maximum Gasteiger partial charge on any atom is 0.254 e. The van der Waals surface area contributed by atoms with Crippen LogP contribution in [-0.2, 0) is 9.59 Å². The smallest absolute Gasteiger partial charge is 0.254 e. The molecule has 3 rings (SSSR count). The highest BCUT2D eigenvalue weighted by Gasteiger charge is 2.38. The molecule has 0 bridgehead atoms. The summed E-state index contributed by atoms with van der Waals surface area (Å²) in [6.45, 7) is 6.52. The van der Waals surface area contributed by atoms with Gasteiger partial charge in [-0.2, -0.15) is 0 Å². The Hall–Kier alpha value is -1.89. The molecule has 2 aliphatic rings. The summed E-state index contributed by atoms with van der Waals surface area (Å²) in [5.41, 5.74) is 0.646. The van der Waals surface area contributed by atoms with Gasteiger partial charge in [0, 0.05) is 55.2 Å². The highest BCUT2D eigenvalue weighted by molar-refractivity contribution is 9.10. The summed E-state index contributed by atoms with van der Waals surface area (Å²) < 4.78 is 0.873. The molecular weight excluding hydrogens is 398 g/mol. The van der Waals surface area contributed by atoms with Crippen molar-refractivity contribution in [3.63, 3.8) is 0 Å². The number of benzene rings is 1. The minimum atomic E-state index is -0.253. The summed E-state index contributed by atoms with van der Waals surface area (Å²) in [6.07, 6.45) is 0.300. The van der Waals surface area contributed by atoms with Crippen molar-refractivity contribution in [2.24, 2.45) is 5.92 Å². The van der Waals surface area contributed by atoms with Crippen LogP contribution in [0.4, 0.5) is 0 Å². The van der Waals surface area contributed by atoms with Gasteiger partial charge in [-0.05, 0) is 32.0 Å². The van der Waals surface area contributed by atoms with Crippen molar-refractivity contribution in [3.8, 4) is 0 Å². The van der Waals surface area contributed by atoms with Crippen LogP contribution in [0.3, 0.4) is 0 Å². The molecule has 2 saturated heterocycles. The molecule has 1 aromatic rings. The molecule has 0 radical (unpaired) electrons. The van der Waals surface area contributed by atoms with Crippen LogP contribution in [0.25, 0.3) is 0 Å². The van der Waals surface area contributed by atoms with E-state index in [0.717, 1.165) is 4.47 Å². The van der Waals surface area contributed by atoms with Crippen molar-refractivity contribution < 1.29 is 14.4 Å². The van der Waals surface area contributed by atoms with E-state index in [1.807, 2.05) is 32.0 Å². The minimum absolute atomic E-state index is 0.0135. The fraction of sp³-hybridized carbons (Fsp3) is 0.526. The number of carbonyl (C=O) groups is 3. The quantitative estimate of drug-likeness (QED) is 0.749. The van der Waals surface area contributed by atoms with Crippen LogP contribution in [0.1, 0.15) is 30.6 Å². The summed E-state index contributed by atoms with van der Waals surface area (Å²) in [6, 6.07) is 7.46. The molecule has 140 valence electrons. The van der Waals surface area contributed by atoms with E-state index < -0.39 is 0 Å². The molecule has 0 aliphatic carbocycles. The first-order chi connectivity index (χ1) is 12.4. The van der Waals surface area contributed by atoms with E-state index in [0.29, 0.717) is 44.7 Å². The first-order valence-electron chi connectivity index (χ1n) is 9.00. The highest BCUT2D eigenvalue weighted by Crippen LogP contribution is 2.23. The average Bonchev–Trinajstić information content (AvgIpc) is 3.02. The van der Waals surface area contributed by atoms with Crippen LogP contribution in [0, 0.1) is 5.92 Å². The molecule has 26 heavy (non-hydrogen) atoms. The minimum Gasteiger partial charge on any atom is -0.339 e. The molecule has 0 saturated carbocycles. The molecule has 0 aromatic heterocycles. The standard InChI is InChI=1S/C19H24BrN3O3/c1-13(2)23-12-15(11-17(23)24)19(26)22-8-6-21(7-9-22)18(25)14-4-3-5-16(20)10-14/h3-5,10,13,15H,6-9,11-12H2,1-2H3. The summed E-state index contributed by atoms with van der Waals surface area (Å²) in [5, 5.41) is 0. The van der Waals surface area contributed by atoms with Gasteiger partial charge < -0.3 is 14.7 Å². The van der Waals surface area contributed by atoms with Crippen LogP contribution < -0.4 is 0 Å². The highest BCUT2D eigenvalue weighted by atomic mass is 79.9. The topological polar surface area (TPSA) is 60.9 Å². The van der Waals surface area contributed by atoms with Crippen molar-refractivity contribution in [2.45, 2.75) is 26.3 Å². The second kappa shape index (κ2) is 7.78. The number of hydrogen-bond donors (Lipinski definition) is 0. The van der Waals surface area contributed by atoms with Crippen molar-refractivity contribution >= 4 is 33.7 Å². The molecule has 2 heterocycles. The predicted octanol–water partition coefficient (Wildman–Crippen LogP) is 1.99. The van der Waals surface area contributed by atoms with Crippen LogP contribution in [0.15, 0.2) is 28.7 Å². The van der Waals surface area contributed by atoms with Gasteiger partial charge in [0.1, 0.15) is 0 Å². The van der Waals surface area contributed by atoms with Gasteiger partial charge >= 0.3 is 0 Å². The summed E-state index contributed by atoms with van der Waals surface area (Å²) in [7, 11) is 0. The van der Waals surface area contributed by atoms with Gasteiger partial charge in [-0.15, -0.1) is 0 Å². The van der Waals surface area contributed by atoms with Gasteiger partial charge in [0.05, 0.1) is 5.92 Å². The Balaban J connectivity index is 1.56. The van der Waals surface area contributed by atoms with Gasteiger partial charge in [-0.1, -0.05) is 22.0 Å². The van der Waals surface area contributed by atoms with E-state index in [-0.39, 0.29) is 29.7 Å². The molecule has 1 unspecified atom stereocenters. The molecule has 1 aromatic carbocycles. The predicted molar refractivity (Wildman–Crippen MR) is 102 cm³/mol. The van der Waals surface area contributed by atoms with Gasteiger partial charge in [0.25, 0.3) is 5.91 Å². The van der Waals surface area contributed by atoms with Gasteiger partial charge in [0.15, 0.2) is 0 Å². The van der Waals surface area contributed by atoms with Crippen molar-refractivity contribution in [2.75, 3.05) is 32.7 Å². The normalized spacial score (nSPS) is 20.8. The molecule has 2 aliphatic heterocycles. The lowest BCUT2D eigenvalue weighted by Gasteiger charge is -2.36. The first kappa shape index (κ1) is 18.9. The van der Waals surface area contributed by atoms with Crippen LogP contribution in [-0.4, -0.2) is 71.2 Å². The maximum atomic E-state index is 12.7. The van der Waals surface area contributed by atoms with E-state index in [1.54, 1.807) is 20.8 Å². The van der Waals surface area contributed by atoms with E-state index in [1.165, 1.54) is 0 Å². The number of hydrogen-bond acceptors (Lipinski definition) is 3. The molecule has 1 atom stereocenters. The molecule has 6 nitrogen and oxygen atoms in total. The Morgan fingerprint density at radius 1 is 1.12 bits per heavy atom. The molecule has 3 amide bonds. The molecular formula is C19H24BrN3O3. The second-order valence-electron chi connectivity index (χ2n) is 7.17. The lowest BCUT2D eigenvalue weighted by atomic mass is 10.1. The number of nitrogens with zero attached hydrogens (tertiary/aromatic N) is 3. The Morgan fingerprint density at radius 3 is 2.35 bits per heavy atom. The fourth-order valence-corrected chi connectivity index (χ4v) is 3.99. The van der Waals surface area contributed by atoms with Crippen LogP contribution >= 0.6 is 15.9 Å². The Morgan fingerprint density at radius 2 is 1.77 bits per heavy atom. The third kappa shape index (κ3) is 3.92. The third-order valence-corrected chi connectivity index (χ3v) is 5.57. The van der Waals surface area contributed by atoms with Crippen molar-refractivity contribution in [1.29, 1.82) is 0 Å². The van der Waals surface area contributed by atoms with Crippen LogP contribution in [0.2, 0.25) is 0 Å². The lowest BCUT2D eigenvalue weighted by Crippen LogP contribution is -2.52. The van der Waals surface area contributed by atoms with E-state index in [2.05, 4.69) is 15.9 Å². The van der Waals surface area contributed by atoms with Crippen LogP contribution in [0.5, 0.6) is 0 Å². The number of likely N-dealkylation sites (tertiary alicyclic amines) is 1. The number of halogens is 1. The van der Waals surface area contributed by atoms with E-state index in [4.69, 9.17) is 0 Å². The average molecular weight is 422 g/mol. The molecule has 2 fully saturated rings. The third-order valence-electron chi connectivity index (χ3n) is 5.08. The lowest BCUT2D eigenvalue weighted by molar-refractivity contribution is -0.137. The zero-order valence-corrected chi connectivity index (χ0v) is 16.7. The van der Waals surface area contributed by atoms with Crippen molar-refractivity contribution in [3.05, 3.63) is 34.3 Å². The Kier molecular flexibility index (Phi) is 5.65. The molecule has 7 heteroatoms. The summed E-state index contributed by atoms with van der Waals surface area (Å²) in [4.78, 5) is 42.7. The first-order valence-corrected chi connectivity index (χ1v) is 9.79. The van der Waals surface area contributed by atoms with E-state index >= 15 is 0 Å². The fourth-order valence-electron chi connectivity index (χ4n) is 3.59. The summed E-state index contributed by atoms with van der Waals surface area (Å²) in [5.74, 6) is -0.171. The number of carbonyl (C=O) groups excluding carboxylic acids is 3. The Bertz CT molecular complexity index is 714. The zero-order chi connectivity index (χ0) is 18.8. The summed E-state index contributed by atoms with van der Waals surface area (Å²) >= 11 is 3.39. The SMILES string of the molecule is CC(C)N1CC(C(=O)N2CCN(C(=O)c3cccc(Br)c3)CC2)CC1=O. The van der Waals surface area contributed by atoms with Gasteiger partial charge in [0.2, 0.25) is 11.8 Å². The Labute approximate surface area is 162 Å². The molecule has 0 N–H and O–H groups in total. The largest absolute Gasteiger partial charge is 0.339 e. The monoisotopic (exact) mass is 421 g/mol.